The van der Waals surface area contributed by atoms with E-state index in [0.717, 1.165) is 25.2 Å². The van der Waals surface area contributed by atoms with Gasteiger partial charge < -0.3 is 16.0 Å². The maximum absolute atomic E-state index is 11.8. The topological polar surface area (TPSA) is 53.2 Å². The highest BCUT2D eigenvalue weighted by Gasteiger charge is 2.19. The fraction of sp³-hybridized carbons (Fsp3) is 0.500. The van der Waals surface area contributed by atoms with Crippen LogP contribution in [0.1, 0.15) is 18.9 Å². The Hall–Kier alpha value is -1.55. The van der Waals surface area contributed by atoms with E-state index in [-0.39, 0.29) is 12.1 Å². The van der Waals surface area contributed by atoms with E-state index in [1.807, 2.05) is 31.2 Å². The zero-order valence-corrected chi connectivity index (χ0v) is 11.0. The zero-order valence-electron chi connectivity index (χ0n) is 11.0. The highest BCUT2D eigenvalue weighted by Crippen LogP contribution is 2.11. The van der Waals surface area contributed by atoms with E-state index in [0.29, 0.717) is 5.92 Å². The third kappa shape index (κ3) is 3.74. The molecule has 0 aliphatic carbocycles. The first-order valence-electron chi connectivity index (χ1n) is 6.48. The van der Waals surface area contributed by atoms with Gasteiger partial charge in [0.25, 0.3) is 0 Å². The standard InChI is InChI=1S/C14H21N3O/c1-10-3-5-12(6-4-10)16-14(18)17-13-7-11(2)8-15-9-13/h3-6,11,13,15H,7-9H2,1-2H3,(H2,16,17,18). The second-order valence-corrected chi connectivity index (χ2v) is 5.16. The molecule has 1 aliphatic rings. The van der Waals surface area contributed by atoms with Crippen molar-refractivity contribution in [3.8, 4) is 0 Å². The first kappa shape index (κ1) is 12.9. The molecule has 1 fully saturated rings. The maximum Gasteiger partial charge on any atom is 0.319 e. The lowest BCUT2D eigenvalue weighted by Crippen LogP contribution is -2.49. The maximum atomic E-state index is 11.8. The highest BCUT2D eigenvalue weighted by molar-refractivity contribution is 5.89. The van der Waals surface area contributed by atoms with Crippen molar-refractivity contribution in [2.24, 2.45) is 5.92 Å². The molecule has 4 nitrogen and oxygen atoms in total. The van der Waals surface area contributed by atoms with E-state index in [1.165, 1.54) is 5.56 Å². The Kier molecular flexibility index (Phi) is 4.20. The van der Waals surface area contributed by atoms with Crippen molar-refractivity contribution in [3.63, 3.8) is 0 Å². The molecule has 18 heavy (non-hydrogen) atoms. The van der Waals surface area contributed by atoms with E-state index in [4.69, 9.17) is 0 Å². The molecule has 1 aromatic rings. The third-order valence-electron chi connectivity index (χ3n) is 3.22. The normalized spacial score (nSPS) is 23.4. The van der Waals surface area contributed by atoms with E-state index >= 15 is 0 Å². The smallest absolute Gasteiger partial charge is 0.319 e. The molecule has 98 valence electrons. The lowest BCUT2D eigenvalue weighted by atomic mass is 9.98. The molecule has 3 N–H and O–H groups in total. The van der Waals surface area contributed by atoms with Crippen LogP contribution in [0.3, 0.4) is 0 Å². The summed E-state index contributed by atoms with van der Waals surface area (Å²) in [6.07, 6.45) is 1.04. The summed E-state index contributed by atoms with van der Waals surface area (Å²) < 4.78 is 0. The van der Waals surface area contributed by atoms with Crippen molar-refractivity contribution in [2.45, 2.75) is 26.3 Å². The van der Waals surface area contributed by atoms with Crippen molar-refractivity contribution < 1.29 is 4.79 Å². The second-order valence-electron chi connectivity index (χ2n) is 5.16. The molecule has 1 heterocycles. The summed E-state index contributed by atoms with van der Waals surface area (Å²) >= 11 is 0. The Morgan fingerprint density at radius 1 is 1.28 bits per heavy atom. The van der Waals surface area contributed by atoms with Crippen LogP contribution in [0.4, 0.5) is 10.5 Å². The summed E-state index contributed by atoms with van der Waals surface area (Å²) in [6.45, 7) is 6.11. The fourth-order valence-corrected chi connectivity index (χ4v) is 2.26. The van der Waals surface area contributed by atoms with Gasteiger partial charge in [-0.05, 0) is 37.9 Å². The van der Waals surface area contributed by atoms with Crippen LogP contribution in [0.25, 0.3) is 0 Å². The molecule has 0 radical (unpaired) electrons. The van der Waals surface area contributed by atoms with Gasteiger partial charge in [-0.3, -0.25) is 0 Å². The Morgan fingerprint density at radius 3 is 2.67 bits per heavy atom. The number of aryl methyl sites for hydroxylation is 1. The molecule has 0 bridgehead atoms. The molecule has 0 spiro atoms. The van der Waals surface area contributed by atoms with Crippen LogP contribution in [0.15, 0.2) is 24.3 Å². The van der Waals surface area contributed by atoms with Crippen LogP contribution in [-0.4, -0.2) is 25.2 Å². The fourth-order valence-electron chi connectivity index (χ4n) is 2.26. The average Bonchev–Trinajstić information content (AvgIpc) is 2.32. The molecule has 4 heteroatoms. The number of hydrogen-bond acceptors (Lipinski definition) is 2. The summed E-state index contributed by atoms with van der Waals surface area (Å²) in [5.74, 6) is 0.614. The van der Waals surface area contributed by atoms with Gasteiger partial charge in [-0.25, -0.2) is 4.79 Å². The largest absolute Gasteiger partial charge is 0.334 e. The number of benzene rings is 1. The number of hydrogen-bond donors (Lipinski definition) is 3. The monoisotopic (exact) mass is 247 g/mol. The van der Waals surface area contributed by atoms with E-state index < -0.39 is 0 Å². The van der Waals surface area contributed by atoms with Crippen LogP contribution in [0, 0.1) is 12.8 Å². The third-order valence-corrected chi connectivity index (χ3v) is 3.22. The van der Waals surface area contributed by atoms with Gasteiger partial charge in [0, 0.05) is 18.3 Å². The predicted octanol–water partition coefficient (Wildman–Crippen LogP) is 2.11. The quantitative estimate of drug-likeness (QED) is 0.749. The van der Waals surface area contributed by atoms with Crippen molar-refractivity contribution in [1.82, 2.24) is 10.6 Å². The summed E-state index contributed by atoms with van der Waals surface area (Å²) in [7, 11) is 0. The van der Waals surface area contributed by atoms with Gasteiger partial charge >= 0.3 is 6.03 Å². The molecule has 1 aliphatic heterocycles. The molecule has 0 aromatic heterocycles. The first-order chi connectivity index (χ1) is 8.63. The molecule has 1 aromatic carbocycles. The van der Waals surface area contributed by atoms with Crippen LogP contribution >= 0.6 is 0 Å². The Bertz CT molecular complexity index is 402. The summed E-state index contributed by atoms with van der Waals surface area (Å²) in [4.78, 5) is 11.8. The van der Waals surface area contributed by atoms with E-state index in [9.17, 15) is 4.79 Å². The number of piperidine rings is 1. The van der Waals surface area contributed by atoms with E-state index in [2.05, 4.69) is 22.9 Å². The SMILES string of the molecule is Cc1ccc(NC(=O)NC2CNCC(C)C2)cc1. The minimum absolute atomic E-state index is 0.125. The van der Waals surface area contributed by atoms with Crippen LogP contribution in [-0.2, 0) is 0 Å². The average molecular weight is 247 g/mol. The van der Waals surface area contributed by atoms with Gasteiger partial charge in [0.05, 0.1) is 0 Å². The Balaban J connectivity index is 1.83. The van der Waals surface area contributed by atoms with Crippen molar-refractivity contribution in [2.75, 3.05) is 18.4 Å². The van der Waals surface area contributed by atoms with Crippen molar-refractivity contribution in [1.29, 1.82) is 0 Å². The molecule has 2 amide bonds. The Morgan fingerprint density at radius 2 is 2.00 bits per heavy atom. The minimum Gasteiger partial charge on any atom is -0.334 e. The number of rotatable bonds is 2. The summed E-state index contributed by atoms with van der Waals surface area (Å²) in [6, 6.07) is 7.89. The van der Waals surface area contributed by atoms with Gasteiger partial charge in [-0.2, -0.15) is 0 Å². The van der Waals surface area contributed by atoms with Gasteiger partial charge in [-0.15, -0.1) is 0 Å². The van der Waals surface area contributed by atoms with Crippen LogP contribution in [0.2, 0.25) is 0 Å². The minimum atomic E-state index is -0.125. The summed E-state index contributed by atoms with van der Waals surface area (Å²) in [5, 5.41) is 9.17. The lowest BCUT2D eigenvalue weighted by molar-refractivity contribution is 0.241. The molecular weight excluding hydrogens is 226 g/mol. The highest BCUT2D eigenvalue weighted by atomic mass is 16.2. The lowest BCUT2D eigenvalue weighted by Gasteiger charge is -2.28. The summed E-state index contributed by atoms with van der Waals surface area (Å²) in [5.41, 5.74) is 2.01. The number of amides is 2. The van der Waals surface area contributed by atoms with Gasteiger partial charge in [0.2, 0.25) is 0 Å². The molecule has 1 saturated heterocycles. The number of urea groups is 1. The number of carbonyl (C=O) groups excluding carboxylic acids is 1. The zero-order chi connectivity index (χ0) is 13.0. The first-order valence-corrected chi connectivity index (χ1v) is 6.48. The molecule has 2 rings (SSSR count). The predicted molar refractivity (Wildman–Crippen MR) is 73.8 cm³/mol. The van der Waals surface area contributed by atoms with Crippen molar-refractivity contribution in [3.05, 3.63) is 29.8 Å². The van der Waals surface area contributed by atoms with Gasteiger partial charge in [-0.1, -0.05) is 24.6 Å². The van der Waals surface area contributed by atoms with Crippen molar-refractivity contribution >= 4 is 11.7 Å². The van der Waals surface area contributed by atoms with Crippen LogP contribution < -0.4 is 16.0 Å². The number of nitrogens with one attached hydrogen (secondary N) is 3. The molecule has 2 unspecified atom stereocenters. The van der Waals surface area contributed by atoms with Crippen LogP contribution in [0.5, 0.6) is 0 Å². The second kappa shape index (κ2) is 5.87. The van der Waals surface area contributed by atoms with Gasteiger partial charge in [0.1, 0.15) is 0 Å². The molecule has 0 saturated carbocycles. The molecule has 2 atom stereocenters. The molecular formula is C14H21N3O. The van der Waals surface area contributed by atoms with E-state index in [1.54, 1.807) is 0 Å². The van der Waals surface area contributed by atoms with Gasteiger partial charge in [0.15, 0.2) is 0 Å². The Labute approximate surface area is 108 Å². The number of anilines is 1. The number of carbonyl (C=O) groups is 1.